The van der Waals surface area contributed by atoms with Gasteiger partial charge in [-0.2, -0.15) is 0 Å². The number of halogens is 1. The Bertz CT molecular complexity index is 558. The van der Waals surface area contributed by atoms with Crippen molar-refractivity contribution in [2.75, 3.05) is 20.2 Å². The van der Waals surface area contributed by atoms with E-state index < -0.39 is 11.9 Å². The predicted molar refractivity (Wildman–Crippen MR) is 72.5 cm³/mol. The minimum absolute atomic E-state index is 0.0783. The molecule has 0 aliphatic carbocycles. The number of esters is 1. The van der Waals surface area contributed by atoms with Crippen molar-refractivity contribution in [3.05, 3.63) is 34.9 Å². The molecule has 0 radical (unpaired) electrons. The highest BCUT2D eigenvalue weighted by atomic mass is 35.5. The zero-order valence-electron chi connectivity index (χ0n) is 11.0. The van der Waals surface area contributed by atoms with Crippen molar-refractivity contribution in [3.8, 4) is 0 Å². The first-order chi connectivity index (χ1) is 9.52. The van der Waals surface area contributed by atoms with Crippen molar-refractivity contribution in [2.24, 2.45) is 5.92 Å². The molecule has 5 nitrogen and oxygen atoms in total. The van der Waals surface area contributed by atoms with Crippen molar-refractivity contribution in [1.82, 2.24) is 4.90 Å². The van der Waals surface area contributed by atoms with E-state index in [1.165, 1.54) is 12.0 Å². The summed E-state index contributed by atoms with van der Waals surface area (Å²) in [6, 6.07) is 6.55. The van der Waals surface area contributed by atoms with E-state index in [1.807, 2.05) is 0 Å². The Hall–Kier alpha value is -1.88. The average Bonchev–Trinajstić information content (AvgIpc) is 2.45. The third-order valence-electron chi connectivity index (χ3n) is 3.27. The van der Waals surface area contributed by atoms with Gasteiger partial charge in [0.1, 0.15) is 5.92 Å². The van der Waals surface area contributed by atoms with Crippen molar-refractivity contribution >= 4 is 29.3 Å². The first-order valence-corrected chi connectivity index (χ1v) is 6.56. The SMILES string of the molecule is COC(=O)C1CCN(C(=O)c2cccc(Cl)c2)CC1=O. The quantitative estimate of drug-likeness (QED) is 0.613. The summed E-state index contributed by atoms with van der Waals surface area (Å²) in [5.41, 5.74) is 0.432. The van der Waals surface area contributed by atoms with Crippen LogP contribution in [0.25, 0.3) is 0 Å². The molecule has 0 bridgehead atoms. The standard InChI is InChI=1S/C14H14ClNO4/c1-20-14(19)11-5-6-16(8-12(11)17)13(18)9-3-2-4-10(15)7-9/h2-4,7,11H,5-6,8H2,1H3. The van der Waals surface area contributed by atoms with Gasteiger partial charge in [0.15, 0.2) is 5.78 Å². The van der Waals surface area contributed by atoms with Crippen LogP contribution < -0.4 is 0 Å². The molecule has 1 aliphatic rings. The molecule has 1 aliphatic heterocycles. The highest BCUT2D eigenvalue weighted by Crippen LogP contribution is 2.19. The second-order valence-corrected chi connectivity index (χ2v) is 5.00. The van der Waals surface area contributed by atoms with Crippen molar-refractivity contribution in [2.45, 2.75) is 6.42 Å². The van der Waals surface area contributed by atoms with Gasteiger partial charge >= 0.3 is 5.97 Å². The molecule has 0 N–H and O–H groups in total. The smallest absolute Gasteiger partial charge is 0.316 e. The number of ketones is 1. The van der Waals surface area contributed by atoms with Crippen molar-refractivity contribution < 1.29 is 19.1 Å². The van der Waals surface area contributed by atoms with Gasteiger partial charge in [-0.1, -0.05) is 17.7 Å². The van der Waals surface area contributed by atoms with E-state index in [1.54, 1.807) is 24.3 Å². The van der Waals surface area contributed by atoms with Crippen molar-refractivity contribution in [3.63, 3.8) is 0 Å². The Kier molecular flexibility index (Phi) is 4.39. The lowest BCUT2D eigenvalue weighted by molar-refractivity contribution is -0.151. The number of methoxy groups -OCH3 is 1. The molecule has 0 spiro atoms. The molecule has 1 atom stereocenters. The largest absolute Gasteiger partial charge is 0.468 e. The monoisotopic (exact) mass is 295 g/mol. The number of carbonyl (C=O) groups is 3. The number of benzene rings is 1. The Morgan fingerprint density at radius 1 is 1.40 bits per heavy atom. The van der Waals surface area contributed by atoms with E-state index in [0.717, 1.165) is 0 Å². The molecule has 6 heteroatoms. The zero-order valence-corrected chi connectivity index (χ0v) is 11.7. The zero-order chi connectivity index (χ0) is 14.7. The molecular formula is C14H14ClNO4. The molecule has 0 saturated carbocycles. The summed E-state index contributed by atoms with van der Waals surface area (Å²) in [6.07, 6.45) is 0.289. The molecule has 106 valence electrons. The van der Waals surface area contributed by atoms with Gasteiger partial charge in [0, 0.05) is 17.1 Å². The molecule has 0 aromatic heterocycles. The number of ether oxygens (including phenoxy) is 1. The molecule has 2 rings (SSSR count). The number of hydrogen-bond acceptors (Lipinski definition) is 4. The summed E-state index contributed by atoms with van der Waals surface area (Å²) in [4.78, 5) is 37.0. The fraction of sp³-hybridized carbons (Fsp3) is 0.357. The molecule has 1 aromatic rings. The number of likely N-dealkylation sites (tertiary alicyclic amines) is 1. The number of rotatable bonds is 2. The second-order valence-electron chi connectivity index (χ2n) is 4.57. The first-order valence-electron chi connectivity index (χ1n) is 6.18. The second kappa shape index (κ2) is 6.05. The molecule has 1 unspecified atom stereocenters. The lowest BCUT2D eigenvalue weighted by Crippen LogP contribution is -2.46. The Morgan fingerprint density at radius 2 is 2.15 bits per heavy atom. The van der Waals surface area contributed by atoms with Crippen LogP contribution in [0.15, 0.2) is 24.3 Å². The minimum Gasteiger partial charge on any atom is -0.468 e. The highest BCUT2D eigenvalue weighted by molar-refractivity contribution is 6.31. The highest BCUT2D eigenvalue weighted by Gasteiger charge is 2.35. The van der Waals surface area contributed by atoms with Crippen LogP contribution in [0.3, 0.4) is 0 Å². The van der Waals surface area contributed by atoms with E-state index in [-0.39, 0.29) is 24.7 Å². The van der Waals surface area contributed by atoms with Gasteiger partial charge < -0.3 is 9.64 Å². The lowest BCUT2D eigenvalue weighted by Gasteiger charge is -2.29. The molecule has 1 saturated heterocycles. The first kappa shape index (κ1) is 14.5. The summed E-state index contributed by atoms with van der Waals surface area (Å²) in [5.74, 6) is -1.85. The lowest BCUT2D eigenvalue weighted by atomic mass is 9.95. The van der Waals surface area contributed by atoms with Crippen LogP contribution in [-0.4, -0.2) is 42.8 Å². The van der Waals surface area contributed by atoms with Crippen LogP contribution in [0.4, 0.5) is 0 Å². The molecule has 1 amide bonds. The minimum atomic E-state index is -0.761. The number of hydrogen-bond donors (Lipinski definition) is 0. The van der Waals surface area contributed by atoms with Crippen molar-refractivity contribution in [1.29, 1.82) is 0 Å². The van der Waals surface area contributed by atoms with E-state index >= 15 is 0 Å². The number of nitrogens with zero attached hydrogens (tertiary/aromatic N) is 1. The van der Waals surface area contributed by atoms with Gasteiger partial charge in [0.05, 0.1) is 13.7 Å². The number of amides is 1. The third kappa shape index (κ3) is 2.99. The van der Waals surface area contributed by atoms with E-state index in [9.17, 15) is 14.4 Å². The van der Waals surface area contributed by atoms with Crippen LogP contribution in [-0.2, 0) is 14.3 Å². The van der Waals surface area contributed by atoms with Gasteiger partial charge in [-0.25, -0.2) is 0 Å². The molecule has 1 heterocycles. The fourth-order valence-electron chi connectivity index (χ4n) is 2.19. The fourth-order valence-corrected chi connectivity index (χ4v) is 2.38. The van der Waals surface area contributed by atoms with Gasteiger partial charge in [0.25, 0.3) is 5.91 Å². The summed E-state index contributed by atoms with van der Waals surface area (Å²) < 4.78 is 4.58. The van der Waals surface area contributed by atoms with Gasteiger partial charge in [-0.15, -0.1) is 0 Å². The summed E-state index contributed by atoms with van der Waals surface area (Å²) in [6.45, 7) is 0.266. The van der Waals surface area contributed by atoms with Crippen LogP contribution in [0, 0.1) is 5.92 Å². The molecule has 1 aromatic carbocycles. The number of carbonyl (C=O) groups excluding carboxylic acids is 3. The van der Waals surface area contributed by atoms with E-state index in [0.29, 0.717) is 17.1 Å². The van der Waals surface area contributed by atoms with Gasteiger partial charge in [0.2, 0.25) is 0 Å². The van der Waals surface area contributed by atoms with Crippen LogP contribution in [0.1, 0.15) is 16.8 Å². The maximum absolute atomic E-state index is 12.2. The van der Waals surface area contributed by atoms with Crippen LogP contribution in [0.5, 0.6) is 0 Å². The Morgan fingerprint density at radius 3 is 2.75 bits per heavy atom. The maximum Gasteiger partial charge on any atom is 0.316 e. The Balaban J connectivity index is 2.08. The van der Waals surface area contributed by atoms with E-state index in [2.05, 4.69) is 4.74 Å². The van der Waals surface area contributed by atoms with Crippen LogP contribution in [0.2, 0.25) is 5.02 Å². The van der Waals surface area contributed by atoms with Gasteiger partial charge in [-0.05, 0) is 24.6 Å². The van der Waals surface area contributed by atoms with E-state index in [4.69, 9.17) is 11.6 Å². The number of Topliss-reactive ketones (excluding diaryl/α,β-unsaturated/α-hetero) is 1. The topological polar surface area (TPSA) is 63.7 Å². The number of piperidine rings is 1. The predicted octanol–water partition coefficient (Wildman–Crippen LogP) is 1.54. The van der Waals surface area contributed by atoms with Gasteiger partial charge in [-0.3, -0.25) is 14.4 Å². The summed E-state index contributed by atoms with van der Waals surface area (Å²) in [5, 5.41) is 0.464. The third-order valence-corrected chi connectivity index (χ3v) is 3.50. The molecule has 1 fully saturated rings. The Labute approximate surface area is 121 Å². The maximum atomic E-state index is 12.2. The van der Waals surface area contributed by atoms with Crippen LogP contribution >= 0.6 is 11.6 Å². The summed E-state index contributed by atoms with van der Waals surface area (Å²) >= 11 is 5.84. The normalized spacial score (nSPS) is 18.8. The molecule has 20 heavy (non-hydrogen) atoms. The average molecular weight is 296 g/mol. The summed E-state index contributed by atoms with van der Waals surface area (Å²) in [7, 11) is 1.25. The molecular weight excluding hydrogens is 282 g/mol.